The Kier molecular flexibility index (Phi) is 1.91. The molecule has 0 spiro atoms. The van der Waals surface area contributed by atoms with Gasteiger partial charge in [0.2, 0.25) is 5.06 Å². The van der Waals surface area contributed by atoms with Gasteiger partial charge in [0, 0.05) is 6.92 Å². The minimum atomic E-state index is -0.339. The normalized spacial score (nSPS) is 9.30. The van der Waals surface area contributed by atoms with Gasteiger partial charge in [0.15, 0.2) is 0 Å². The van der Waals surface area contributed by atoms with Gasteiger partial charge in [-0.1, -0.05) is 0 Å². The molecule has 1 aromatic rings. The van der Waals surface area contributed by atoms with E-state index in [1.165, 1.54) is 18.3 Å². The summed E-state index contributed by atoms with van der Waals surface area (Å²) in [4.78, 5) is 10.4. The van der Waals surface area contributed by atoms with Crippen LogP contribution in [0.4, 0.5) is 5.69 Å². The van der Waals surface area contributed by atoms with Crippen LogP contribution in [0.25, 0.3) is 0 Å². The largest absolute Gasteiger partial charge is 0.413 e. The van der Waals surface area contributed by atoms with Crippen molar-refractivity contribution >= 4 is 23.0 Å². The zero-order valence-corrected chi connectivity index (χ0v) is 6.27. The highest BCUT2D eigenvalue weighted by molar-refractivity contribution is 7.12. The molecule has 0 aromatic carbocycles. The lowest BCUT2D eigenvalue weighted by Crippen LogP contribution is -2.01. The van der Waals surface area contributed by atoms with Crippen molar-refractivity contribution in [1.29, 1.82) is 0 Å². The molecule has 0 aliphatic carbocycles. The highest BCUT2D eigenvalue weighted by Gasteiger charge is 2.02. The van der Waals surface area contributed by atoms with Crippen LogP contribution in [0.15, 0.2) is 11.4 Å². The third kappa shape index (κ3) is 1.48. The van der Waals surface area contributed by atoms with E-state index in [4.69, 9.17) is 10.5 Å². The van der Waals surface area contributed by atoms with Crippen LogP contribution in [0.5, 0.6) is 5.06 Å². The number of hydrogen-bond donors (Lipinski definition) is 1. The van der Waals surface area contributed by atoms with Gasteiger partial charge >= 0.3 is 5.97 Å². The van der Waals surface area contributed by atoms with Crippen LogP contribution in [0.2, 0.25) is 0 Å². The number of hydrogen-bond acceptors (Lipinski definition) is 4. The molecule has 0 aliphatic heterocycles. The molecule has 4 heteroatoms. The van der Waals surface area contributed by atoms with Gasteiger partial charge < -0.3 is 10.5 Å². The maximum Gasteiger partial charge on any atom is 0.308 e. The Balaban J connectivity index is 2.74. The summed E-state index contributed by atoms with van der Waals surface area (Å²) in [5.74, 6) is -0.339. The lowest BCUT2D eigenvalue weighted by Gasteiger charge is -1.95. The first kappa shape index (κ1) is 7.08. The fraction of sp³-hybridized carbons (Fsp3) is 0.167. The molecule has 1 aromatic heterocycles. The van der Waals surface area contributed by atoms with Crippen molar-refractivity contribution in [2.75, 3.05) is 5.73 Å². The number of thiophene rings is 1. The Morgan fingerprint density at radius 1 is 1.80 bits per heavy atom. The lowest BCUT2D eigenvalue weighted by atomic mass is 10.5. The molecule has 3 nitrogen and oxygen atoms in total. The Hall–Kier alpha value is -1.03. The fourth-order valence-corrected chi connectivity index (χ4v) is 1.23. The zero-order chi connectivity index (χ0) is 7.56. The van der Waals surface area contributed by atoms with Gasteiger partial charge in [0.25, 0.3) is 0 Å². The van der Waals surface area contributed by atoms with Crippen LogP contribution >= 0.6 is 11.3 Å². The van der Waals surface area contributed by atoms with Gasteiger partial charge in [0.1, 0.15) is 0 Å². The molecule has 0 atom stereocenters. The van der Waals surface area contributed by atoms with Crippen LogP contribution in [0, 0.1) is 0 Å². The zero-order valence-electron chi connectivity index (χ0n) is 5.46. The van der Waals surface area contributed by atoms with E-state index in [1.54, 1.807) is 11.4 Å². The minimum Gasteiger partial charge on any atom is -0.413 e. The molecule has 1 heterocycles. The van der Waals surface area contributed by atoms with Gasteiger partial charge in [0.05, 0.1) is 5.69 Å². The quantitative estimate of drug-likeness (QED) is 0.624. The predicted octanol–water partition coefficient (Wildman–Crippen LogP) is 1.26. The van der Waals surface area contributed by atoms with Crippen LogP contribution in [0.3, 0.4) is 0 Å². The summed E-state index contributed by atoms with van der Waals surface area (Å²) < 4.78 is 4.74. The van der Waals surface area contributed by atoms with Crippen molar-refractivity contribution in [3.63, 3.8) is 0 Å². The first-order valence-corrected chi connectivity index (χ1v) is 3.59. The average Bonchev–Trinajstić information content (AvgIpc) is 2.15. The number of nitrogens with two attached hydrogens (primary N) is 1. The molecule has 1 rings (SSSR count). The molecule has 0 amide bonds. The van der Waals surface area contributed by atoms with E-state index >= 15 is 0 Å². The summed E-state index contributed by atoms with van der Waals surface area (Å²) in [6, 6.07) is 1.70. The summed E-state index contributed by atoms with van der Waals surface area (Å²) >= 11 is 1.31. The summed E-state index contributed by atoms with van der Waals surface area (Å²) in [5, 5.41) is 2.25. The average molecular weight is 157 g/mol. The molecule has 54 valence electrons. The maximum absolute atomic E-state index is 10.4. The SMILES string of the molecule is CC(=O)Oc1sccc1N. The molecule has 0 unspecified atom stereocenters. The second-order valence-electron chi connectivity index (χ2n) is 1.76. The van der Waals surface area contributed by atoms with Crippen molar-refractivity contribution < 1.29 is 9.53 Å². The lowest BCUT2D eigenvalue weighted by molar-refractivity contribution is -0.131. The van der Waals surface area contributed by atoms with E-state index in [9.17, 15) is 4.79 Å². The summed E-state index contributed by atoms with van der Waals surface area (Å²) in [6.45, 7) is 1.35. The third-order valence-electron chi connectivity index (χ3n) is 0.895. The van der Waals surface area contributed by atoms with Crippen molar-refractivity contribution in [3.05, 3.63) is 11.4 Å². The molecular weight excluding hydrogens is 150 g/mol. The molecule has 0 saturated carbocycles. The van der Waals surface area contributed by atoms with Crippen molar-refractivity contribution in [3.8, 4) is 5.06 Å². The number of anilines is 1. The van der Waals surface area contributed by atoms with Gasteiger partial charge in [-0.3, -0.25) is 4.79 Å². The topological polar surface area (TPSA) is 52.3 Å². The second-order valence-corrected chi connectivity index (χ2v) is 2.64. The molecule has 0 radical (unpaired) electrons. The molecule has 2 N–H and O–H groups in total. The standard InChI is InChI=1S/C6H7NO2S/c1-4(8)9-6-5(7)2-3-10-6/h2-3H,7H2,1H3. The highest BCUT2D eigenvalue weighted by Crippen LogP contribution is 2.27. The van der Waals surface area contributed by atoms with Crippen LogP contribution in [-0.2, 0) is 4.79 Å². The monoisotopic (exact) mass is 157 g/mol. The first-order chi connectivity index (χ1) is 4.70. The van der Waals surface area contributed by atoms with Gasteiger partial charge in [-0.2, -0.15) is 0 Å². The van der Waals surface area contributed by atoms with Crippen LogP contribution in [-0.4, -0.2) is 5.97 Å². The van der Waals surface area contributed by atoms with Crippen molar-refractivity contribution in [2.24, 2.45) is 0 Å². The second kappa shape index (κ2) is 2.70. The number of esters is 1. The number of nitrogen functional groups attached to an aromatic ring is 1. The smallest absolute Gasteiger partial charge is 0.308 e. The van der Waals surface area contributed by atoms with E-state index in [-0.39, 0.29) is 5.97 Å². The number of rotatable bonds is 1. The minimum absolute atomic E-state index is 0.339. The van der Waals surface area contributed by atoms with E-state index in [0.717, 1.165) is 0 Å². The summed E-state index contributed by atoms with van der Waals surface area (Å²) in [7, 11) is 0. The summed E-state index contributed by atoms with van der Waals surface area (Å²) in [6.07, 6.45) is 0. The fourth-order valence-electron chi connectivity index (χ4n) is 0.519. The molecule has 0 aliphatic rings. The van der Waals surface area contributed by atoms with E-state index in [2.05, 4.69) is 0 Å². The van der Waals surface area contributed by atoms with Crippen molar-refractivity contribution in [1.82, 2.24) is 0 Å². The number of carbonyl (C=O) groups excluding carboxylic acids is 1. The Bertz CT molecular complexity index is 244. The molecule has 0 fully saturated rings. The molecule has 0 saturated heterocycles. The number of carbonyl (C=O) groups is 1. The van der Waals surface area contributed by atoms with Gasteiger partial charge in [-0.05, 0) is 11.4 Å². The highest BCUT2D eigenvalue weighted by atomic mass is 32.1. The van der Waals surface area contributed by atoms with Crippen LogP contribution < -0.4 is 10.5 Å². The predicted molar refractivity (Wildman–Crippen MR) is 40.0 cm³/mol. The molecule has 10 heavy (non-hydrogen) atoms. The first-order valence-electron chi connectivity index (χ1n) is 2.71. The van der Waals surface area contributed by atoms with Crippen molar-refractivity contribution in [2.45, 2.75) is 6.92 Å². The van der Waals surface area contributed by atoms with Gasteiger partial charge in [-0.25, -0.2) is 0 Å². The molecule has 0 bridgehead atoms. The Labute approximate surface area is 62.4 Å². The number of ether oxygens (including phenoxy) is 1. The Morgan fingerprint density at radius 2 is 2.50 bits per heavy atom. The van der Waals surface area contributed by atoms with E-state index < -0.39 is 0 Å². The van der Waals surface area contributed by atoms with Crippen LogP contribution in [0.1, 0.15) is 6.92 Å². The van der Waals surface area contributed by atoms with E-state index in [0.29, 0.717) is 10.8 Å². The molecular formula is C6H7NO2S. The van der Waals surface area contributed by atoms with Gasteiger partial charge in [-0.15, -0.1) is 11.3 Å². The maximum atomic E-state index is 10.4. The summed E-state index contributed by atoms with van der Waals surface area (Å²) in [5.41, 5.74) is 5.94. The Morgan fingerprint density at radius 3 is 2.90 bits per heavy atom. The third-order valence-corrected chi connectivity index (χ3v) is 1.70. The van der Waals surface area contributed by atoms with E-state index in [1.807, 2.05) is 0 Å².